The minimum atomic E-state index is -0.730. The molecule has 3 aromatic rings. The second-order valence-corrected chi connectivity index (χ2v) is 7.93. The monoisotopic (exact) mass is 461 g/mol. The van der Waals surface area contributed by atoms with Gasteiger partial charge in [-0.3, -0.25) is 19.7 Å². The number of hydrogen-bond acceptors (Lipinski definition) is 7. The molecule has 0 spiro atoms. The van der Waals surface area contributed by atoms with E-state index in [1.165, 1.54) is 25.2 Å². The van der Waals surface area contributed by atoms with Crippen molar-refractivity contribution in [3.8, 4) is 0 Å². The van der Waals surface area contributed by atoms with Crippen LogP contribution >= 0.6 is 22.9 Å². The maximum Gasteiger partial charge on any atom is 0.348 e. The van der Waals surface area contributed by atoms with Crippen LogP contribution in [-0.4, -0.2) is 47.8 Å². The largest absolute Gasteiger partial charge is 0.451 e. The highest BCUT2D eigenvalue weighted by atomic mass is 35.5. The van der Waals surface area contributed by atoms with Crippen LogP contribution in [0, 0.1) is 10.1 Å². The normalized spacial score (nSPS) is 10.5. The number of rotatable bonds is 7. The van der Waals surface area contributed by atoms with E-state index >= 15 is 0 Å². The van der Waals surface area contributed by atoms with Gasteiger partial charge in [0.2, 0.25) is 5.91 Å². The lowest BCUT2D eigenvalue weighted by Gasteiger charge is -2.17. The van der Waals surface area contributed by atoms with Gasteiger partial charge in [0.1, 0.15) is 4.88 Å². The average molecular weight is 462 g/mol. The van der Waals surface area contributed by atoms with E-state index < -0.39 is 29.3 Å². The van der Waals surface area contributed by atoms with Crippen LogP contribution in [0.25, 0.3) is 10.1 Å². The summed E-state index contributed by atoms with van der Waals surface area (Å²) in [6, 6.07) is 12.4. The number of non-ortho nitro benzene ring substituents is 1. The molecule has 0 aliphatic heterocycles. The second-order valence-electron chi connectivity index (χ2n) is 6.44. The summed E-state index contributed by atoms with van der Waals surface area (Å²) in [5.41, 5.74) is 0.337. The highest BCUT2D eigenvalue weighted by Crippen LogP contribution is 2.29. The van der Waals surface area contributed by atoms with Gasteiger partial charge >= 0.3 is 5.97 Å². The summed E-state index contributed by atoms with van der Waals surface area (Å²) in [5.74, 6) is -1.76. The molecule has 2 amide bonds. The molecule has 160 valence electrons. The third-order valence-electron chi connectivity index (χ3n) is 4.19. The van der Waals surface area contributed by atoms with Crippen LogP contribution in [-0.2, 0) is 14.3 Å². The first kappa shape index (κ1) is 22.2. The maximum absolute atomic E-state index is 12.3. The zero-order valence-corrected chi connectivity index (χ0v) is 17.7. The number of likely N-dealkylation sites (N-methyl/N-ethyl adjacent to an activating group) is 1. The first-order chi connectivity index (χ1) is 14.7. The highest BCUT2D eigenvalue weighted by molar-refractivity contribution is 7.20. The van der Waals surface area contributed by atoms with Gasteiger partial charge in [-0.2, -0.15) is 0 Å². The lowest BCUT2D eigenvalue weighted by atomic mass is 10.2. The topological polar surface area (TPSA) is 119 Å². The van der Waals surface area contributed by atoms with Gasteiger partial charge in [0.15, 0.2) is 6.61 Å². The first-order valence-electron chi connectivity index (χ1n) is 8.88. The number of nitrogens with zero attached hydrogens (tertiary/aromatic N) is 2. The molecule has 3 rings (SSSR count). The summed E-state index contributed by atoms with van der Waals surface area (Å²) in [5, 5.41) is 14.4. The van der Waals surface area contributed by atoms with E-state index in [0.717, 1.165) is 16.2 Å². The third-order valence-corrected chi connectivity index (χ3v) is 5.62. The number of nitro groups is 1. The van der Waals surface area contributed by atoms with Gasteiger partial charge in [-0.1, -0.05) is 23.7 Å². The molecular formula is C20H16ClN3O6S. The molecular weight excluding hydrogens is 446 g/mol. The molecule has 1 N–H and O–H groups in total. The lowest BCUT2D eigenvalue weighted by molar-refractivity contribution is -0.384. The number of anilines is 1. The Morgan fingerprint density at radius 1 is 1.19 bits per heavy atom. The Labute approximate surface area is 185 Å². The molecule has 1 heterocycles. The Bertz CT molecular complexity index is 1180. The van der Waals surface area contributed by atoms with Gasteiger partial charge in [0, 0.05) is 29.3 Å². The van der Waals surface area contributed by atoms with Crippen molar-refractivity contribution in [2.75, 3.05) is 25.5 Å². The zero-order chi connectivity index (χ0) is 22.5. The van der Waals surface area contributed by atoms with Gasteiger partial charge in [0.25, 0.3) is 11.6 Å². The number of nitrogens with one attached hydrogen (secondary N) is 1. The van der Waals surface area contributed by atoms with E-state index in [-0.39, 0.29) is 17.1 Å². The minimum absolute atomic E-state index is 0.0860. The summed E-state index contributed by atoms with van der Waals surface area (Å²) in [7, 11) is 1.40. The maximum atomic E-state index is 12.3. The Morgan fingerprint density at radius 2 is 1.94 bits per heavy atom. The standard InChI is InChI=1S/C20H16ClN3O6S/c1-23(10-18(25)22-15-5-3-2-4-14(15)21)19(26)11-30-20(27)17-9-12-8-13(24(28)29)6-7-16(12)31-17/h2-9H,10-11H2,1H3,(H,22,25). The molecule has 0 saturated carbocycles. The van der Waals surface area contributed by atoms with Gasteiger partial charge in [-0.25, -0.2) is 4.79 Å². The molecule has 0 fully saturated rings. The van der Waals surface area contributed by atoms with E-state index in [2.05, 4.69) is 5.32 Å². The Balaban J connectivity index is 1.54. The molecule has 0 saturated heterocycles. The zero-order valence-electron chi connectivity index (χ0n) is 16.2. The summed E-state index contributed by atoms with van der Waals surface area (Å²) in [6.45, 7) is -0.808. The number of carbonyl (C=O) groups is 3. The van der Waals surface area contributed by atoms with Crippen molar-refractivity contribution in [1.82, 2.24) is 4.90 Å². The van der Waals surface area contributed by atoms with E-state index in [1.54, 1.807) is 30.3 Å². The molecule has 0 atom stereocenters. The summed E-state index contributed by atoms with van der Waals surface area (Å²) in [4.78, 5) is 48.2. The number of amides is 2. The van der Waals surface area contributed by atoms with Crippen molar-refractivity contribution in [1.29, 1.82) is 0 Å². The number of fused-ring (bicyclic) bond motifs is 1. The molecule has 1 aromatic heterocycles. The quantitative estimate of drug-likeness (QED) is 0.325. The van der Waals surface area contributed by atoms with Crippen LogP contribution in [0.1, 0.15) is 9.67 Å². The molecule has 0 unspecified atom stereocenters. The fourth-order valence-electron chi connectivity index (χ4n) is 2.61. The first-order valence-corrected chi connectivity index (χ1v) is 10.1. The fourth-order valence-corrected chi connectivity index (χ4v) is 3.73. The number of para-hydroxylation sites is 1. The fraction of sp³-hybridized carbons (Fsp3) is 0.150. The molecule has 0 radical (unpaired) electrons. The van der Waals surface area contributed by atoms with Gasteiger partial charge in [-0.15, -0.1) is 11.3 Å². The van der Waals surface area contributed by atoms with Crippen LogP contribution in [0.2, 0.25) is 5.02 Å². The number of halogens is 1. The number of carbonyl (C=O) groups excluding carboxylic acids is 3. The number of esters is 1. The highest BCUT2D eigenvalue weighted by Gasteiger charge is 2.18. The number of benzene rings is 2. The minimum Gasteiger partial charge on any atom is -0.451 e. The SMILES string of the molecule is CN(CC(=O)Nc1ccccc1Cl)C(=O)COC(=O)c1cc2cc([N+](=O)[O-])ccc2s1. The van der Waals surface area contributed by atoms with Crippen molar-refractivity contribution < 1.29 is 24.0 Å². The lowest BCUT2D eigenvalue weighted by Crippen LogP contribution is -2.37. The number of nitro benzene ring substituents is 1. The van der Waals surface area contributed by atoms with Crippen LogP contribution in [0.5, 0.6) is 0 Å². The predicted molar refractivity (Wildman–Crippen MR) is 116 cm³/mol. The van der Waals surface area contributed by atoms with Crippen molar-refractivity contribution in [2.24, 2.45) is 0 Å². The Hall–Kier alpha value is -3.50. The van der Waals surface area contributed by atoms with Crippen molar-refractivity contribution in [3.05, 3.63) is 68.5 Å². The van der Waals surface area contributed by atoms with E-state index in [9.17, 15) is 24.5 Å². The van der Waals surface area contributed by atoms with Crippen molar-refractivity contribution in [3.63, 3.8) is 0 Å². The van der Waals surface area contributed by atoms with E-state index in [0.29, 0.717) is 20.8 Å². The molecule has 9 nitrogen and oxygen atoms in total. The summed E-state index contributed by atoms with van der Waals surface area (Å²) in [6.07, 6.45) is 0. The molecule has 11 heteroatoms. The molecule has 0 bridgehead atoms. The average Bonchev–Trinajstić information content (AvgIpc) is 3.16. The van der Waals surface area contributed by atoms with Gasteiger partial charge < -0.3 is 15.0 Å². The number of hydrogen-bond donors (Lipinski definition) is 1. The van der Waals surface area contributed by atoms with Crippen LogP contribution in [0.15, 0.2) is 48.5 Å². The van der Waals surface area contributed by atoms with Gasteiger partial charge in [-0.05, 0) is 24.3 Å². The smallest absolute Gasteiger partial charge is 0.348 e. The number of thiophene rings is 1. The third kappa shape index (κ3) is 5.56. The molecule has 31 heavy (non-hydrogen) atoms. The number of ether oxygens (including phenoxy) is 1. The van der Waals surface area contributed by atoms with E-state index in [1.807, 2.05) is 0 Å². The van der Waals surface area contributed by atoms with Crippen LogP contribution < -0.4 is 5.32 Å². The predicted octanol–water partition coefficient (Wildman–Crippen LogP) is 3.72. The Morgan fingerprint density at radius 3 is 2.65 bits per heavy atom. The molecule has 0 aliphatic rings. The Kier molecular flexibility index (Phi) is 6.83. The second kappa shape index (κ2) is 9.54. The molecule has 2 aromatic carbocycles. The van der Waals surface area contributed by atoms with Crippen LogP contribution in [0.3, 0.4) is 0 Å². The van der Waals surface area contributed by atoms with E-state index in [4.69, 9.17) is 16.3 Å². The summed E-state index contributed by atoms with van der Waals surface area (Å²) >= 11 is 7.08. The summed E-state index contributed by atoms with van der Waals surface area (Å²) < 4.78 is 5.71. The van der Waals surface area contributed by atoms with Crippen molar-refractivity contribution in [2.45, 2.75) is 0 Å². The van der Waals surface area contributed by atoms with Crippen LogP contribution in [0.4, 0.5) is 11.4 Å². The molecule has 0 aliphatic carbocycles. The van der Waals surface area contributed by atoms with Gasteiger partial charge in [0.05, 0.1) is 22.2 Å². The van der Waals surface area contributed by atoms with Crippen molar-refractivity contribution >= 4 is 62.2 Å².